The first-order valence-corrected chi connectivity index (χ1v) is 14.9. The number of quaternary nitrogens is 1. The second kappa shape index (κ2) is 19.4. The molecule has 0 aliphatic carbocycles. The number of benzene rings is 1. The van der Waals surface area contributed by atoms with Gasteiger partial charge in [-0.15, -0.1) is 11.3 Å². The molecule has 0 radical (unpaired) electrons. The molecule has 0 saturated carbocycles. The van der Waals surface area contributed by atoms with Crippen molar-refractivity contribution in [3.8, 4) is 10.4 Å². The van der Waals surface area contributed by atoms with Crippen molar-refractivity contribution in [3.63, 3.8) is 0 Å². The van der Waals surface area contributed by atoms with Gasteiger partial charge in [-0.25, -0.2) is 0 Å². The molecule has 34 heavy (non-hydrogen) atoms. The lowest BCUT2D eigenvalue weighted by Gasteiger charge is -2.30. The van der Waals surface area contributed by atoms with Crippen molar-refractivity contribution in [2.75, 3.05) is 20.6 Å². The molecule has 0 amide bonds. The smallest absolute Gasteiger partial charge is 0.105 e. The highest BCUT2D eigenvalue weighted by molar-refractivity contribution is 7.13. The third-order valence-corrected chi connectivity index (χ3v) is 7.92. The number of nitrogens with zero attached hydrogens (tertiary/aromatic N) is 1. The maximum Gasteiger partial charge on any atom is 0.105 e. The predicted molar refractivity (Wildman–Crippen MR) is 150 cm³/mol. The number of rotatable bonds is 20. The van der Waals surface area contributed by atoms with Crippen LogP contribution in [0.2, 0.25) is 0 Å². The summed E-state index contributed by atoms with van der Waals surface area (Å²) in [5, 5.41) is 2.18. The lowest BCUT2D eigenvalue weighted by Crippen LogP contribution is -3.00. The van der Waals surface area contributed by atoms with Crippen LogP contribution >= 0.6 is 11.3 Å². The first-order chi connectivity index (χ1) is 16.1. The fourth-order valence-electron chi connectivity index (χ4n) is 4.96. The van der Waals surface area contributed by atoms with E-state index in [1.807, 2.05) is 11.3 Å². The van der Waals surface area contributed by atoms with Crippen LogP contribution in [-0.4, -0.2) is 25.1 Å². The molecule has 0 atom stereocenters. The first-order valence-electron chi connectivity index (χ1n) is 14.1. The van der Waals surface area contributed by atoms with Crippen LogP contribution in [0.15, 0.2) is 41.8 Å². The minimum absolute atomic E-state index is 0. The highest BCUT2D eigenvalue weighted by atomic mass is 35.5. The molecule has 0 spiro atoms. The lowest BCUT2D eigenvalue weighted by molar-refractivity contribution is -0.903. The molecule has 2 rings (SSSR count). The van der Waals surface area contributed by atoms with Crippen molar-refractivity contribution < 1.29 is 16.9 Å². The van der Waals surface area contributed by atoms with Crippen LogP contribution in [0.1, 0.15) is 115 Å². The van der Waals surface area contributed by atoms with Gasteiger partial charge in [0, 0.05) is 16.0 Å². The number of halogens is 1. The van der Waals surface area contributed by atoms with E-state index in [1.165, 1.54) is 125 Å². The molecular weight excluding hydrogens is 454 g/mol. The summed E-state index contributed by atoms with van der Waals surface area (Å²) in [6.07, 6.45) is 23.0. The zero-order valence-electron chi connectivity index (χ0n) is 22.5. The van der Waals surface area contributed by atoms with E-state index in [-0.39, 0.29) is 12.4 Å². The molecule has 3 heteroatoms. The molecule has 0 aliphatic heterocycles. The Morgan fingerprint density at radius 3 is 1.62 bits per heavy atom. The van der Waals surface area contributed by atoms with Crippen LogP contribution in [-0.2, 0) is 6.54 Å². The second-order valence-corrected chi connectivity index (χ2v) is 11.7. The van der Waals surface area contributed by atoms with Crippen molar-refractivity contribution in [2.45, 2.75) is 116 Å². The number of hydrogen-bond acceptors (Lipinski definition) is 1. The van der Waals surface area contributed by atoms with Crippen LogP contribution in [0, 0.1) is 0 Å². The molecule has 0 bridgehead atoms. The summed E-state index contributed by atoms with van der Waals surface area (Å²) in [5.74, 6) is 0. The Morgan fingerprint density at radius 2 is 1.12 bits per heavy atom. The Hall–Kier alpha value is -0.830. The van der Waals surface area contributed by atoms with Crippen molar-refractivity contribution >= 4 is 11.3 Å². The summed E-state index contributed by atoms with van der Waals surface area (Å²) in [7, 11) is 4.80. The van der Waals surface area contributed by atoms with Gasteiger partial charge in [-0.1, -0.05) is 127 Å². The Labute approximate surface area is 222 Å². The largest absolute Gasteiger partial charge is 1.00 e. The highest BCUT2D eigenvalue weighted by Gasteiger charge is 2.18. The fourth-order valence-corrected chi connectivity index (χ4v) is 5.75. The van der Waals surface area contributed by atoms with Gasteiger partial charge >= 0.3 is 0 Å². The minimum atomic E-state index is 0. The molecule has 194 valence electrons. The molecule has 0 aliphatic rings. The zero-order valence-corrected chi connectivity index (χ0v) is 24.1. The molecule has 1 aromatic carbocycles. The van der Waals surface area contributed by atoms with Gasteiger partial charge in [0.05, 0.1) is 20.6 Å². The SMILES string of the molecule is CCCCCCCCCCCCCCCCCC[N+](C)(C)Cc1ccccc1-c1cccs1.[Cl-]. The average molecular weight is 506 g/mol. The first kappa shape index (κ1) is 31.2. The van der Waals surface area contributed by atoms with Crippen LogP contribution in [0.25, 0.3) is 10.4 Å². The summed E-state index contributed by atoms with van der Waals surface area (Å²) in [6, 6.07) is 13.4. The van der Waals surface area contributed by atoms with Gasteiger partial charge < -0.3 is 16.9 Å². The summed E-state index contributed by atoms with van der Waals surface area (Å²) in [4.78, 5) is 1.40. The van der Waals surface area contributed by atoms with Crippen LogP contribution < -0.4 is 12.4 Å². The molecule has 0 unspecified atom stereocenters. The van der Waals surface area contributed by atoms with Crippen molar-refractivity contribution in [3.05, 3.63) is 47.3 Å². The quantitative estimate of drug-likeness (QED) is 0.131. The minimum Gasteiger partial charge on any atom is -1.00 e. The molecule has 1 heterocycles. The van der Waals surface area contributed by atoms with Gasteiger partial charge in [0.15, 0.2) is 0 Å². The van der Waals surface area contributed by atoms with Crippen molar-refractivity contribution in [2.24, 2.45) is 0 Å². The van der Waals surface area contributed by atoms with E-state index in [0.717, 1.165) is 11.0 Å². The number of hydrogen-bond donors (Lipinski definition) is 0. The van der Waals surface area contributed by atoms with Gasteiger partial charge in [-0.3, -0.25) is 0 Å². The standard InChI is InChI=1S/C31H52NS.ClH/c1-4-5-6-7-8-9-10-11-12-13-14-15-16-17-18-21-26-32(2,3)28-29-23-19-20-24-30(29)31-25-22-27-33-31;/h19-20,22-25,27H,4-18,21,26,28H2,1-3H3;1H/q+1;/p-1. The second-order valence-electron chi connectivity index (χ2n) is 10.8. The molecule has 0 N–H and O–H groups in total. The Morgan fingerprint density at radius 1 is 0.618 bits per heavy atom. The average Bonchev–Trinajstić information content (AvgIpc) is 3.33. The third kappa shape index (κ3) is 13.9. The molecule has 2 aromatic rings. The summed E-state index contributed by atoms with van der Waals surface area (Å²) in [5.41, 5.74) is 2.91. The zero-order chi connectivity index (χ0) is 23.6. The summed E-state index contributed by atoms with van der Waals surface area (Å²) in [6.45, 7) is 4.69. The molecule has 1 aromatic heterocycles. The molecular formula is C31H52ClNS. The van der Waals surface area contributed by atoms with E-state index >= 15 is 0 Å². The number of thiophene rings is 1. The van der Waals surface area contributed by atoms with Gasteiger partial charge in [-0.2, -0.15) is 0 Å². The van der Waals surface area contributed by atoms with E-state index < -0.39 is 0 Å². The van der Waals surface area contributed by atoms with Crippen molar-refractivity contribution in [1.29, 1.82) is 0 Å². The fraction of sp³-hybridized carbons (Fsp3) is 0.677. The van der Waals surface area contributed by atoms with Crippen LogP contribution in [0.4, 0.5) is 0 Å². The van der Waals surface area contributed by atoms with Gasteiger partial charge in [0.1, 0.15) is 6.54 Å². The van der Waals surface area contributed by atoms with Crippen LogP contribution in [0.5, 0.6) is 0 Å². The maximum atomic E-state index is 2.40. The molecule has 1 nitrogen and oxygen atoms in total. The molecule has 0 fully saturated rings. The van der Waals surface area contributed by atoms with E-state index in [0.29, 0.717) is 0 Å². The van der Waals surface area contributed by atoms with E-state index in [9.17, 15) is 0 Å². The van der Waals surface area contributed by atoms with Crippen LogP contribution in [0.3, 0.4) is 0 Å². The van der Waals surface area contributed by atoms with E-state index in [4.69, 9.17) is 0 Å². The summed E-state index contributed by atoms with van der Waals surface area (Å²) < 4.78 is 1.08. The normalized spacial score (nSPS) is 11.5. The Kier molecular flexibility index (Phi) is 17.8. The van der Waals surface area contributed by atoms with Crippen molar-refractivity contribution in [1.82, 2.24) is 0 Å². The topological polar surface area (TPSA) is 0 Å². The summed E-state index contributed by atoms with van der Waals surface area (Å²) >= 11 is 1.85. The monoisotopic (exact) mass is 505 g/mol. The van der Waals surface area contributed by atoms with Gasteiger partial charge in [-0.05, 0) is 24.3 Å². The highest BCUT2D eigenvalue weighted by Crippen LogP contribution is 2.29. The third-order valence-electron chi connectivity index (χ3n) is 7.02. The Balaban J connectivity index is 0.00000578. The Bertz CT molecular complexity index is 710. The number of unbranched alkanes of at least 4 members (excludes halogenated alkanes) is 15. The van der Waals surface area contributed by atoms with Gasteiger partial charge in [0.2, 0.25) is 0 Å². The van der Waals surface area contributed by atoms with E-state index in [2.05, 4.69) is 62.8 Å². The van der Waals surface area contributed by atoms with Gasteiger partial charge in [0.25, 0.3) is 0 Å². The maximum absolute atomic E-state index is 2.40. The predicted octanol–water partition coefficient (Wildman–Crippen LogP) is 7.26. The van der Waals surface area contributed by atoms with E-state index in [1.54, 1.807) is 0 Å². The lowest BCUT2D eigenvalue weighted by atomic mass is 10.0. The molecule has 0 saturated heterocycles.